The second-order valence-corrected chi connectivity index (χ2v) is 3.65. The van der Waals surface area contributed by atoms with Gasteiger partial charge in [-0.05, 0) is 24.6 Å². The zero-order chi connectivity index (χ0) is 8.43. The fourth-order valence-corrected chi connectivity index (χ4v) is 1.48. The fourth-order valence-electron chi connectivity index (χ4n) is 0.757. The Balaban J connectivity index is 3.25. The SMILES string of the molecule is Cc1c(Br)ccc(SO)c1N. The van der Waals surface area contributed by atoms with Crippen LogP contribution < -0.4 is 5.73 Å². The minimum absolute atomic E-state index is 0.631. The van der Waals surface area contributed by atoms with Crippen molar-refractivity contribution < 1.29 is 4.55 Å². The maximum Gasteiger partial charge on any atom is 0.0583 e. The average molecular weight is 234 g/mol. The van der Waals surface area contributed by atoms with Gasteiger partial charge >= 0.3 is 0 Å². The quantitative estimate of drug-likeness (QED) is 0.580. The van der Waals surface area contributed by atoms with E-state index in [1.54, 1.807) is 6.07 Å². The smallest absolute Gasteiger partial charge is 0.0583 e. The van der Waals surface area contributed by atoms with E-state index in [0.717, 1.165) is 10.0 Å². The summed E-state index contributed by atoms with van der Waals surface area (Å²) < 4.78 is 9.72. The largest absolute Gasteiger partial charge is 0.398 e. The van der Waals surface area contributed by atoms with E-state index in [0.29, 0.717) is 22.6 Å². The van der Waals surface area contributed by atoms with Gasteiger partial charge in [0.1, 0.15) is 0 Å². The number of hydrogen-bond donors (Lipinski definition) is 2. The number of nitrogen functional groups attached to an aromatic ring is 1. The van der Waals surface area contributed by atoms with E-state index < -0.39 is 0 Å². The van der Waals surface area contributed by atoms with E-state index in [-0.39, 0.29) is 0 Å². The number of anilines is 1. The lowest BCUT2D eigenvalue weighted by atomic mass is 10.2. The Morgan fingerprint density at radius 1 is 1.55 bits per heavy atom. The van der Waals surface area contributed by atoms with Crippen LogP contribution in [0.3, 0.4) is 0 Å². The molecule has 0 heterocycles. The molecule has 1 aromatic carbocycles. The molecule has 0 radical (unpaired) electrons. The summed E-state index contributed by atoms with van der Waals surface area (Å²) in [6, 6.07) is 3.64. The van der Waals surface area contributed by atoms with Crippen molar-refractivity contribution in [1.82, 2.24) is 0 Å². The molecule has 0 unspecified atom stereocenters. The first kappa shape index (κ1) is 8.90. The maximum atomic E-state index is 8.76. The topological polar surface area (TPSA) is 46.2 Å². The van der Waals surface area contributed by atoms with Gasteiger partial charge in [0.05, 0.1) is 10.6 Å². The fraction of sp³-hybridized carbons (Fsp3) is 0.143. The monoisotopic (exact) mass is 233 g/mol. The molecule has 11 heavy (non-hydrogen) atoms. The van der Waals surface area contributed by atoms with E-state index in [2.05, 4.69) is 15.9 Å². The van der Waals surface area contributed by atoms with E-state index in [1.807, 2.05) is 13.0 Å². The molecule has 0 bridgehead atoms. The molecule has 0 spiro atoms. The van der Waals surface area contributed by atoms with Crippen molar-refractivity contribution in [2.45, 2.75) is 11.8 Å². The lowest BCUT2D eigenvalue weighted by molar-refractivity contribution is 0.664. The minimum atomic E-state index is 0.631. The van der Waals surface area contributed by atoms with E-state index in [4.69, 9.17) is 10.3 Å². The molecular formula is C7H8BrNOS. The van der Waals surface area contributed by atoms with Gasteiger partial charge in [-0.25, -0.2) is 0 Å². The second-order valence-electron chi connectivity index (χ2n) is 2.18. The summed E-state index contributed by atoms with van der Waals surface area (Å²) in [4.78, 5) is 0.700. The van der Waals surface area contributed by atoms with Crippen molar-refractivity contribution in [3.63, 3.8) is 0 Å². The third kappa shape index (κ3) is 1.69. The van der Waals surface area contributed by atoms with Crippen molar-refractivity contribution >= 4 is 33.7 Å². The first-order chi connectivity index (χ1) is 5.16. The van der Waals surface area contributed by atoms with E-state index in [1.165, 1.54) is 0 Å². The molecule has 0 aromatic heterocycles. The number of rotatable bonds is 1. The summed E-state index contributed by atoms with van der Waals surface area (Å²) >= 11 is 4.01. The first-order valence-corrected chi connectivity index (χ1v) is 4.59. The summed E-state index contributed by atoms with van der Waals surface area (Å²) in [6.07, 6.45) is 0. The molecule has 0 aliphatic carbocycles. The van der Waals surface area contributed by atoms with Crippen molar-refractivity contribution in [3.8, 4) is 0 Å². The molecule has 0 amide bonds. The number of nitrogens with two attached hydrogens (primary N) is 1. The maximum absolute atomic E-state index is 8.76. The zero-order valence-corrected chi connectivity index (χ0v) is 8.37. The molecule has 1 aromatic rings. The standard InChI is InChI=1S/C7H8BrNOS/c1-4-5(8)2-3-6(11-10)7(4)9/h2-3,10H,9H2,1H3. The Morgan fingerprint density at radius 3 is 2.73 bits per heavy atom. The molecule has 0 saturated carbocycles. The molecule has 4 heteroatoms. The molecule has 0 aliphatic rings. The first-order valence-electron chi connectivity index (χ1n) is 3.03. The van der Waals surface area contributed by atoms with Gasteiger partial charge in [-0.15, -0.1) is 0 Å². The Morgan fingerprint density at radius 2 is 2.18 bits per heavy atom. The average Bonchev–Trinajstić information content (AvgIpc) is 2.01. The highest BCUT2D eigenvalue weighted by Crippen LogP contribution is 2.30. The summed E-state index contributed by atoms with van der Waals surface area (Å²) in [6.45, 7) is 1.90. The van der Waals surface area contributed by atoms with Crippen molar-refractivity contribution in [2.24, 2.45) is 0 Å². The van der Waals surface area contributed by atoms with Gasteiger partial charge < -0.3 is 10.3 Å². The Kier molecular flexibility index (Phi) is 2.81. The van der Waals surface area contributed by atoms with Gasteiger partial charge in [0, 0.05) is 16.5 Å². The molecule has 0 aliphatic heterocycles. The normalized spacial score (nSPS) is 10.1. The highest BCUT2D eigenvalue weighted by atomic mass is 79.9. The van der Waals surface area contributed by atoms with Gasteiger partial charge in [-0.1, -0.05) is 15.9 Å². The Bertz CT molecular complexity index is 277. The summed E-state index contributed by atoms with van der Waals surface area (Å²) in [5.41, 5.74) is 7.28. The van der Waals surface area contributed by atoms with Gasteiger partial charge in [0.15, 0.2) is 0 Å². The highest BCUT2D eigenvalue weighted by Gasteiger charge is 2.04. The van der Waals surface area contributed by atoms with Crippen LogP contribution in [-0.4, -0.2) is 4.55 Å². The van der Waals surface area contributed by atoms with E-state index in [9.17, 15) is 0 Å². The van der Waals surface area contributed by atoms with Crippen LogP contribution in [0.25, 0.3) is 0 Å². The highest BCUT2D eigenvalue weighted by molar-refractivity contribution is 9.10. The third-order valence-corrected chi connectivity index (χ3v) is 2.92. The van der Waals surface area contributed by atoms with Crippen LogP contribution in [0, 0.1) is 6.92 Å². The molecule has 0 saturated heterocycles. The van der Waals surface area contributed by atoms with E-state index >= 15 is 0 Å². The zero-order valence-electron chi connectivity index (χ0n) is 5.97. The molecule has 3 N–H and O–H groups in total. The summed E-state index contributed by atoms with van der Waals surface area (Å²) in [5.74, 6) is 0. The van der Waals surface area contributed by atoms with Gasteiger partial charge in [-0.3, -0.25) is 0 Å². The van der Waals surface area contributed by atoms with Crippen LogP contribution in [0.5, 0.6) is 0 Å². The second kappa shape index (κ2) is 3.47. The van der Waals surface area contributed by atoms with Gasteiger partial charge in [0.25, 0.3) is 0 Å². The minimum Gasteiger partial charge on any atom is -0.398 e. The lowest BCUT2D eigenvalue weighted by Gasteiger charge is -2.05. The molecule has 1 rings (SSSR count). The Labute approximate surface area is 78.1 Å². The lowest BCUT2D eigenvalue weighted by Crippen LogP contribution is -1.92. The predicted molar refractivity (Wildman–Crippen MR) is 51.8 cm³/mol. The van der Waals surface area contributed by atoms with Crippen molar-refractivity contribution in [1.29, 1.82) is 0 Å². The third-order valence-electron chi connectivity index (χ3n) is 1.51. The van der Waals surface area contributed by atoms with Crippen LogP contribution >= 0.6 is 28.0 Å². The van der Waals surface area contributed by atoms with Gasteiger partial charge in [0.2, 0.25) is 0 Å². The van der Waals surface area contributed by atoms with Crippen LogP contribution in [-0.2, 0) is 0 Å². The molecule has 2 nitrogen and oxygen atoms in total. The number of benzene rings is 1. The van der Waals surface area contributed by atoms with Crippen LogP contribution in [0.4, 0.5) is 5.69 Å². The van der Waals surface area contributed by atoms with Crippen LogP contribution in [0.2, 0.25) is 0 Å². The van der Waals surface area contributed by atoms with Crippen LogP contribution in [0.1, 0.15) is 5.56 Å². The number of hydrogen-bond acceptors (Lipinski definition) is 3. The molecule has 60 valence electrons. The molecule has 0 fully saturated rings. The summed E-state index contributed by atoms with van der Waals surface area (Å²) in [5, 5.41) is 0. The van der Waals surface area contributed by atoms with Crippen molar-refractivity contribution in [2.75, 3.05) is 5.73 Å². The van der Waals surface area contributed by atoms with Crippen LogP contribution in [0.15, 0.2) is 21.5 Å². The predicted octanol–water partition coefficient (Wildman–Crippen LogP) is 2.90. The summed E-state index contributed by atoms with van der Waals surface area (Å²) in [7, 11) is 0. The van der Waals surface area contributed by atoms with Gasteiger partial charge in [-0.2, -0.15) is 0 Å². The number of halogens is 1. The van der Waals surface area contributed by atoms with Crippen molar-refractivity contribution in [3.05, 3.63) is 22.2 Å². The molecule has 0 atom stereocenters. The molecular weight excluding hydrogens is 226 g/mol. The Hall–Kier alpha value is -0.190.